The van der Waals surface area contributed by atoms with Gasteiger partial charge in [-0.3, -0.25) is 10.1 Å². The van der Waals surface area contributed by atoms with E-state index >= 15 is 0 Å². The highest BCUT2D eigenvalue weighted by molar-refractivity contribution is 7.98. The molecule has 21 heavy (non-hydrogen) atoms. The van der Waals surface area contributed by atoms with Crippen molar-refractivity contribution >= 4 is 23.1 Å². The van der Waals surface area contributed by atoms with Crippen LogP contribution in [0.1, 0.15) is 10.4 Å². The molecule has 1 rings (SSSR count). The first-order valence-electron chi connectivity index (χ1n) is 6.57. The number of hydrogen-bond donors (Lipinski definition) is 2. The Morgan fingerprint density at radius 2 is 2.33 bits per heavy atom. The Morgan fingerprint density at radius 1 is 1.57 bits per heavy atom. The molecule has 0 spiro atoms. The fourth-order valence-corrected chi connectivity index (χ4v) is 3.55. The summed E-state index contributed by atoms with van der Waals surface area (Å²) < 4.78 is 0. The van der Waals surface area contributed by atoms with Crippen LogP contribution in [0.15, 0.2) is 23.5 Å². The number of nitrogens with zero attached hydrogens (tertiary/aromatic N) is 2. The molecule has 6 nitrogen and oxygen atoms in total. The van der Waals surface area contributed by atoms with Gasteiger partial charge in [0.1, 0.15) is 0 Å². The lowest BCUT2D eigenvalue weighted by Gasteiger charge is -2.07. The molecule has 0 unspecified atom stereocenters. The lowest BCUT2D eigenvalue weighted by molar-refractivity contribution is -0.404. The van der Waals surface area contributed by atoms with Crippen LogP contribution in [0.2, 0.25) is 0 Å². The van der Waals surface area contributed by atoms with Crippen LogP contribution in [0.5, 0.6) is 0 Å². The zero-order chi connectivity index (χ0) is 15.7. The number of rotatable bonds is 10. The van der Waals surface area contributed by atoms with Crippen molar-refractivity contribution in [3.8, 4) is 0 Å². The first-order valence-corrected chi connectivity index (χ1v) is 8.60. The minimum atomic E-state index is -0.468. The van der Waals surface area contributed by atoms with E-state index in [0.717, 1.165) is 24.3 Å². The van der Waals surface area contributed by atoms with Crippen LogP contribution in [0.3, 0.4) is 0 Å². The fourth-order valence-electron chi connectivity index (χ4n) is 1.68. The molecule has 0 amide bonds. The highest BCUT2D eigenvalue weighted by atomic mass is 32.2. The predicted molar refractivity (Wildman–Crippen MR) is 90.0 cm³/mol. The summed E-state index contributed by atoms with van der Waals surface area (Å²) in [6.07, 6.45) is 0.942. The molecule has 0 aliphatic carbocycles. The van der Waals surface area contributed by atoms with Gasteiger partial charge >= 0.3 is 0 Å². The average Bonchev–Trinajstić information content (AvgIpc) is 2.83. The van der Waals surface area contributed by atoms with Gasteiger partial charge < -0.3 is 15.5 Å². The van der Waals surface area contributed by atoms with E-state index in [1.807, 2.05) is 11.8 Å². The predicted octanol–water partition coefficient (Wildman–Crippen LogP) is 1.93. The molecule has 0 aromatic carbocycles. The third kappa shape index (κ3) is 7.93. The standard InChI is InChI=1S/C13H22N4O2S2/c1-14-13(8-17(18)19)15-4-5-20-10-12-6-11(9-21-12)7-16(2)3/h6,8-9,14-15H,4-5,7,10H2,1-3H3. The van der Waals surface area contributed by atoms with Gasteiger partial charge in [0.15, 0.2) is 5.82 Å². The minimum Gasteiger partial charge on any atom is -0.370 e. The molecule has 0 aliphatic heterocycles. The van der Waals surface area contributed by atoms with Crippen molar-refractivity contribution in [3.05, 3.63) is 44.0 Å². The molecule has 1 heterocycles. The van der Waals surface area contributed by atoms with Gasteiger partial charge in [-0.2, -0.15) is 11.8 Å². The number of thioether (sulfide) groups is 1. The third-order valence-corrected chi connectivity index (χ3v) is 4.69. The summed E-state index contributed by atoms with van der Waals surface area (Å²) in [7, 11) is 5.79. The molecule has 2 N–H and O–H groups in total. The molecule has 1 aromatic rings. The second kappa shape index (κ2) is 9.64. The minimum absolute atomic E-state index is 0.435. The number of nitro groups is 1. The monoisotopic (exact) mass is 330 g/mol. The molecular weight excluding hydrogens is 308 g/mol. The fraction of sp³-hybridized carbons (Fsp3) is 0.538. The topological polar surface area (TPSA) is 70.4 Å². The van der Waals surface area contributed by atoms with Gasteiger partial charge in [-0.15, -0.1) is 11.3 Å². The smallest absolute Gasteiger partial charge is 0.274 e. The Kier molecular flexibility index (Phi) is 8.17. The van der Waals surface area contributed by atoms with Gasteiger partial charge in [0.2, 0.25) is 0 Å². The first kappa shape index (κ1) is 17.8. The van der Waals surface area contributed by atoms with Crippen LogP contribution in [-0.2, 0) is 12.3 Å². The largest absolute Gasteiger partial charge is 0.370 e. The maximum Gasteiger partial charge on any atom is 0.274 e. The molecule has 1 aromatic heterocycles. The first-order chi connectivity index (χ1) is 10.0. The zero-order valence-corrected chi connectivity index (χ0v) is 14.2. The lowest BCUT2D eigenvalue weighted by Crippen LogP contribution is -2.26. The maximum atomic E-state index is 10.4. The van der Waals surface area contributed by atoms with E-state index in [-0.39, 0.29) is 0 Å². The van der Waals surface area contributed by atoms with Gasteiger partial charge in [0.05, 0.1) is 4.92 Å². The SMILES string of the molecule is CNC(=C[N+](=O)[O-])NCCSCc1cc(CN(C)C)cs1. The number of thiophene rings is 1. The highest BCUT2D eigenvalue weighted by Gasteiger charge is 2.02. The molecule has 0 bridgehead atoms. The summed E-state index contributed by atoms with van der Waals surface area (Å²) in [5.41, 5.74) is 1.35. The second-order valence-corrected chi connectivity index (χ2v) is 6.82. The van der Waals surface area contributed by atoms with Crippen molar-refractivity contribution in [2.75, 3.05) is 33.4 Å². The molecule has 0 fully saturated rings. The molecule has 118 valence electrons. The Balaban J connectivity index is 2.22. The summed E-state index contributed by atoms with van der Waals surface area (Å²) in [5, 5.41) is 18.3. The van der Waals surface area contributed by atoms with E-state index in [1.54, 1.807) is 18.4 Å². The van der Waals surface area contributed by atoms with Gasteiger partial charge in [-0.25, -0.2) is 0 Å². The third-order valence-electron chi connectivity index (χ3n) is 2.52. The van der Waals surface area contributed by atoms with Crippen molar-refractivity contribution < 1.29 is 4.92 Å². The number of hydrogen-bond acceptors (Lipinski definition) is 7. The summed E-state index contributed by atoms with van der Waals surface area (Å²) in [4.78, 5) is 13.4. The Morgan fingerprint density at radius 3 is 2.95 bits per heavy atom. The van der Waals surface area contributed by atoms with Crippen LogP contribution in [0, 0.1) is 10.1 Å². The van der Waals surface area contributed by atoms with Crippen LogP contribution in [0.25, 0.3) is 0 Å². The molecule has 0 saturated carbocycles. The van der Waals surface area contributed by atoms with E-state index in [4.69, 9.17) is 0 Å². The van der Waals surface area contributed by atoms with E-state index in [2.05, 4.69) is 41.1 Å². The lowest BCUT2D eigenvalue weighted by atomic mass is 10.3. The molecule has 0 saturated heterocycles. The van der Waals surface area contributed by atoms with Crippen LogP contribution in [0.4, 0.5) is 0 Å². The van der Waals surface area contributed by atoms with Gasteiger partial charge in [-0.05, 0) is 31.1 Å². The zero-order valence-electron chi connectivity index (χ0n) is 12.6. The molecule has 0 aliphatic rings. The van der Waals surface area contributed by atoms with Gasteiger partial charge in [-0.1, -0.05) is 0 Å². The van der Waals surface area contributed by atoms with Crippen molar-refractivity contribution in [2.24, 2.45) is 0 Å². The van der Waals surface area contributed by atoms with Crippen molar-refractivity contribution in [1.29, 1.82) is 0 Å². The van der Waals surface area contributed by atoms with E-state index in [1.165, 1.54) is 10.4 Å². The number of nitrogens with one attached hydrogen (secondary N) is 2. The summed E-state index contributed by atoms with van der Waals surface area (Å²) in [5.74, 6) is 2.32. The van der Waals surface area contributed by atoms with Gasteiger partial charge in [0, 0.05) is 36.5 Å². The summed E-state index contributed by atoms with van der Waals surface area (Å²) >= 11 is 3.61. The molecule has 8 heteroatoms. The van der Waals surface area contributed by atoms with Crippen molar-refractivity contribution in [2.45, 2.75) is 12.3 Å². The average molecular weight is 330 g/mol. The quantitative estimate of drug-likeness (QED) is 0.388. The Hall–Kier alpha value is -1.25. The Labute approximate surface area is 133 Å². The summed E-state index contributed by atoms with van der Waals surface area (Å²) in [6.45, 7) is 1.67. The summed E-state index contributed by atoms with van der Waals surface area (Å²) in [6, 6.07) is 2.25. The van der Waals surface area contributed by atoms with Gasteiger partial charge in [0.25, 0.3) is 6.20 Å². The molecular formula is C13H22N4O2S2. The van der Waals surface area contributed by atoms with E-state index < -0.39 is 4.92 Å². The maximum absolute atomic E-state index is 10.4. The van der Waals surface area contributed by atoms with Crippen LogP contribution in [-0.4, -0.2) is 43.3 Å². The van der Waals surface area contributed by atoms with Crippen molar-refractivity contribution in [1.82, 2.24) is 15.5 Å². The van der Waals surface area contributed by atoms with Crippen LogP contribution >= 0.6 is 23.1 Å². The Bertz CT molecular complexity index is 474. The van der Waals surface area contributed by atoms with Crippen LogP contribution < -0.4 is 10.6 Å². The van der Waals surface area contributed by atoms with Crippen molar-refractivity contribution in [3.63, 3.8) is 0 Å². The second-order valence-electron chi connectivity index (χ2n) is 4.72. The molecule has 0 radical (unpaired) electrons. The van der Waals surface area contributed by atoms with E-state index in [0.29, 0.717) is 12.4 Å². The molecule has 0 atom stereocenters. The highest BCUT2D eigenvalue weighted by Crippen LogP contribution is 2.20. The van der Waals surface area contributed by atoms with E-state index in [9.17, 15) is 10.1 Å². The normalized spacial score (nSPS) is 11.7.